The molecule has 0 bridgehead atoms. The summed E-state index contributed by atoms with van der Waals surface area (Å²) in [5.74, 6) is 0.878. The van der Waals surface area contributed by atoms with Gasteiger partial charge in [0.1, 0.15) is 5.82 Å². The SMILES string of the molecule is CCCCCCCOC(=O)CCn1ccnc1CCC(=O)N1CC[C@H](N(C)C)C1.Cl. The van der Waals surface area contributed by atoms with Gasteiger partial charge in [0, 0.05) is 50.9 Å². The standard InChI is InChI=1S/C22H38N4O3.ClH/c1-4-5-6-7-8-17-29-22(28)12-15-25-16-13-23-20(25)9-10-21(27)26-14-11-19(18-26)24(2)3;/h13,16,19H,4-12,14-15,17-18H2,1-3H3;1H/t19-;/m0./s1. The molecule has 1 aliphatic rings. The number of carbonyl (C=O) groups excluding carboxylic acids is 2. The number of aromatic nitrogens is 2. The quantitative estimate of drug-likeness (QED) is 0.346. The number of hydrogen-bond acceptors (Lipinski definition) is 5. The van der Waals surface area contributed by atoms with Crippen molar-refractivity contribution in [3.8, 4) is 0 Å². The van der Waals surface area contributed by atoms with Crippen LogP contribution in [0.1, 0.15) is 64.1 Å². The van der Waals surface area contributed by atoms with E-state index in [1.165, 1.54) is 19.3 Å². The van der Waals surface area contributed by atoms with E-state index in [1.54, 1.807) is 6.20 Å². The Hall–Kier alpha value is -1.60. The van der Waals surface area contributed by atoms with Crippen molar-refractivity contribution in [3.05, 3.63) is 18.2 Å². The molecule has 0 saturated carbocycles. The highest BCUT2D eigenvalue weighted by molar-refractivity contribution is 5.85. The second-order valence-electron chi connectivity index (χ2n) is 8.17. The van der Waals surface area contributed by atoms with Gasteiger partial charge >= 0.3 is 5.97 Å². The predicted molar refractivity (Wildman–Crippen MR) is 121 cm³/mol. The molecule has 1 aromatic rings. The summed E-state index contributed by atoms with van der Waals surface area (Å²) in [4.78, 5) is 32.9. The molecule has 2 rings (SSSR count). The van der Waals surface area contributed by atoms with Gasteiger partial charge in [-0.25, -0.2) is 4.98 Å². The van der Waals surface area contributed by atoms with Crippen molar-refractivity contribution in [2.24, 2.45) is 0 Å². The van der Waals surface area contributed by atoms with Gasteiger partial charge in [-0.15, -0.1) is 12.4 Å². The lowest BCUT2D eigenvalue weighted by atomic mass is 10.2. The number of unbranched alkanes of at least 4 members (excludes halogenated alkanes) is 4. The smallest absolute Gasteiger partial charge is 0.307 e. The topological polar surface area (TPSA) is 67.7 Å². The Bertz CT molecular complexity index is 636. The third-order valence-corrected chi connectivity index (χ3v) is 5.68. The first-order valence-corrected chi connectivity index (χ1v) is 11.1. The van der Waals surface area contributed by atoms with Gasteiger partial charge in [0.25, 0.3) is 0 Å². The number of halogens is 1. The zero-order valence-corrected chi connectivity index (χ0v) is 19.7. The van der Waals surface area contributed by atoms with E-state index >= 15 is 0 Å². The second kappa shape index (κ2) is 14.4. The molecule has 30 heavy (non-hydrogen) atoms. The monoisotopic (exact) mass is 442 g/mol. The summed E-state index contributed by atoms with van der Waals surface area (Å²) in [6.45, 7) is 4.89. The molecule has 0 aliphatic carbocycles. The Morgan fingerprint density at radius 3 is 2.67 bits per heavy atom. The van der Waals surface area contributed by atoms with Gasteiger partial charge in [0.2, 0.25) is 5.91 Å². The number of aryl methyl sites for hydroxylation is 2. The molecule has 2 heterocycles. The van der Waals surface area contributed by atoms with Gasteiger partial charge in [0.05, 0.1) is 13.0 Å². The van der Waals surface area contributed by atoms with Crippen LogP contribution in [0.4, 0.5) is 0 Å². The third kappa shape index (κ3) is 9.04. The fraction of sp³-hybridized carbons (Fsp3) is 0.773. The van der Waals surface area contributed by atoms with E-state index < -0.39 is 0 Å². The number of likely N-dealkylation sites (tertiary alicyclic amines) is 1. The maximum atomic E-state index is 12.5. The minimum absolute atomic E-state index is 0. The molecule has 0 radical (unpaired) electrons. The van der Waals surface area contributed by atoms with Crippen LogP contribution >= 0.6 is 12.4 Å². The second-order valence-corrected chi connectivity index (χ2v) is 8.17. The number of carbonyl (C=O) groups is 2. The molecule has 8 heteroatoms. The number of ether oxygens (including phenoxy) is 1. The lowest BCUT2D eigenvalue weighted by Crippen LogP contribution is -2.34. The van der Waals surface area contributed by atoms with E-state index in [1.807, 2.05) is 15.7 Å². The van der Waals surface area contributed by atoms with Crippen molar-refractivity contribution in [2.45, 2.75) is 77.3 Å². The Balaban J connectivity index is 0.00000450. The fourth-order valence-corrected chi connectivity index (χ4v) is 3.71. The van der Waals surface area contributed by atoms with Crippen LogP contribution in [0.2, 0.25) is 0 Å². The summed E-state index contributed by atoms with van der Waals surface area (Å²) in [5, 5.41) is 0. The molecular formula is C22H39ClN4O3. The highest BCUT2D eigenvalue weighted by Crippen LogP contribution is 2.15. The number of amides is 1. The molecule has 1 aliphatic heterocycles. The first-order chi connectivity index (χ1) is 14.0. The predicted octanol–water partition coefficient (Wildman–Crippen LogP) is 3.30. The molecule has 1 saturated heterocycles. The number of imidazole rings is 1. The number of rotatable bonds is 13. The maximum absolute atomic E-state index is 12.5. The van der Waals surface area contributed by atoms with Gasteiger partial charge in [0.15, 0.2) is 0 Å². The summed E-state index contributed by atoms with van der Waals surface area (Å²) in [5.41, 5.74) is 0. The molecule has 7 nitrogen and oxygen atoms in total. The minimum atomic E-state index is -0.164. The zero-order chi connectivity index (χ0) is 21.1. The average Bonchev–Trinajstić information content (AvgIpc) is 3.36. The van der Waals surface area contributed by atoms with Crippen molar-refractivity contribution >= 4 is 24.3 Å². The molecule has 0 unspecified atom stereocenters. The number of likely N-dealkylation sites (N-methyl/N-ethyl adjacent to an activating group) is 1. The van der Waals surface area contributed by atoms with Crippen molar-refractivity contribution < 1.29 is 14.3 Å². The first kappa shape index (κ1) is 26.4. The third-order valence-electron chi connectivity index (χ3n) is 5.68. The van der Waals surface area contributed by atoms with Crippen LogP contribution in [0, 0.1) is 0 Å². The van der Waals surface area contributed by atoms with Gasteiger partial charge in [-0.3, -0.25) is 9.59 Å². The molecule has 0 N–H and O–H groups in total. The summed E-state index contributed by atoms with van der Waals surface area (Å²) >= 11 is 0. The molecule has 1 fully saturated rings. The highest BCUT2D eigenvalue weighted by Gasteiger charge is 2.27. The summed E-state index contributed by atoms with van der Waals surface area (Å²) in [6.07, 6.45) is 11.8. The maximum Gasteiger partial charge on any atom is 0.307 e. The van der Waals surface area contributed by atoms with Crippen LogP contribution < -0.4 is 0 Å². The Kier molecular flexibility index (Phi) is 12.7. The van der Waals surface area contributed by atoms with Gasteiger partial charge in [-0.2, -0.15) is 0 Å². The number of nitrogens with zero attached hydrogens (tertiary/aromatic N) is 4. The van der Waals surface area contributed by atoms with Crippen LogP contribution in [0.25, 0.3) is 0 Å². The zero-order valence-electron chi connectivity index (χ0n) is 18.8. The van der Waals surface area contributed by atoms with Gasteiger partial charge < -0.3 is 19.1 Å². The number of hydrogen-bond donors (Lipinski definition) is 0. The molecule has 172 valence electrons. The largest absolute Gasteiger partial charge is 0.466 e. The van der Waals surface area contributed by atoms with E-state index in [-0.39, 0.29) is 24.3 Å². The summed E-state index contributed by atoms with van der Waals surface area (Å²) in [7, 11) is 4.12. The van der Waals surface area contributed by atoms with E-state index in [2.05, 4.69) is 30.9 Å². The van der Waals surface area contributed by atoms with Crippen molar-refractivity contribution in [1.82, 2.24) is 19.4 Å². The van der Waals surface area contributed by atoms with Crippen LogP contribution in [-0.4, -0.2) is 71.1 Å². The lowest BCUT2D eigenvalue weighted by molar-refractivity contribution is -0.144. The van der Waals surface area contributed by atoms with E-state index in [0.717, 1.165) is 38.2 Å². The highest BCUT2D eigenvalue weighted by atomic mass is 35.5. The fourth-order valence-electron chi connectivity index (χ4n) is 3.71. The first-order valence-electron chi connectivity index (χ1n) is 11.1. The van der Waals surface area contributed by atoms with Crippen LogP contribution in [-0.2, 0) is 27.3 Å². The van der Waals surface area contributed by atoms with Crippen molar-refractivity contribution in [1.29, 1.82) is 0 Å². The Morgan fingerprint density at radius 1 is 1.20 bits per heavy atom. The molecule has 0 spiro atoms. The molecule has 0 aromatic carbocycles. The van der Waals surface area contributed by atoms with Crippen LogP contribution in [0.15, 0.2) is 12.4 Å². The van der Waals surface area contributed by atoms with Crippen molar-refractivity contribution in [2.75, 3.05) is 33.8 Å². The summed E-state index contributed by atoms with van der Waals surface area (Å²) < 4.78 is 7.28. The minimum Gasteiger partial charge on any atom is -0.466 e. The molecule has 1 atom stereocenters. The van der Waals surface area contributed by atoms with Crippen LogP contribution in [0.5, 0.6) is 0 Å². The normalized spacial score (nSPS) is 16.0. The van der Waals surface area contributed by atoms with E-state index in [9.17, 15) is 9.59 Å². The van der Waals surface area contributed by atoms with Crippen LogP contribution in [0.3, 0.4) is 0 Å². The molecule has 1 aromatic heterocycles. The molecule has 1 amide bonds. The summed E-state index contributed by atoms with van der Waals surface area (Å²) in [6, 6.07) is 0.457. The Labute approximate surface area is 187 Å². The van der Waals surface area contributed by atoms with Crippen molar-refractivity contribution in [3.63, 3.8) is 0 Å². The lowest BCUT2D eigenvalue weighted by Gasteiger charge is -2.20. The number of esters is 1. The van der Waals surface area contributed by atoms with Gasteiger partial charge in [-0.05, 0) is 26.9 Å². The Morgan fingerprint density at radius 2 is 1.97 bits per heavy atom. The van der Waals surface area contributed by atoms with E-state index in [0.29, 0.717) is 38.5 Å². The van der Waals surface area contributed by atoms with Gasteiger partial charge in [-0.1, -0.05) is 32.6 Å². The average molecular weight is 443 g/mol. The van der Waals surface area contributed by atoms with E-state index in [4.69, 9.17) is 4.74 Å². The molecular weight excluding hydrogens is 404 g/mol.